The summed E-state index contributed by atoms with van der Waals surface area (Å²) in [5, 5.41) is 5.67. The van der Waals surface area contributed by atoms with Gasteiger partial charge < -0.3 is 24.8 Å². The molecule has 1 atom stereocenters. The van der Waals surface area contributed by atoms with Gasteiger partial charge in [0.25, 0.3) is 0 Å². The Morgan fingerprint density at radius 2 is 1.48 bits per heavy atom. The second kappa shape index (κ2) is 10.2. The van der Waals surface area contributed by atoms with E-state index in [1.54, 1.807) is 65.8 Å². The summed E-state index contributed by atoms with van der Waals surface area (Å²) in [5.41, 5.74) is -0.0150. The zero-order valence-corrected chi connectivity index (χ0v) is 18.3. The predicted molar refractivity (Wildman–Crippen MR) is 108 cm³/mol. The predicted octanol–water partition coefficient (Wildman–Crippen LogP) is 2.80. The van der Waals surface area contributed by atoms with Gasteiger partial charge in [-0.25, -0.2) is 14.4 Å². The molecular formula is C21H32N2O6. The van der Waals surface area contributed by atoms with E-state index in [1.165, 1.54) is 7.11 Å². The molecule has 1 rings (SSSR count). The fraction of sp³-hybridized carbons (Fsp3) is 0.571. The Bertz CT molecular complexity index is 701. The molecule has 8 nitrogen and oxygen atoms in total. The lowest BCUT2D eigenvalue weighted by Crippen LogP contribution is -2.50. The number of nitrogens with one attached hydrogen (secondary N) is 2. The van der Waals surface area contributed by atoms with Crippen LogP contribution in [-0.4, -0.2) is 48.9 Å². The van der Waals surface area contributed by atoms with Gasteiger partial charge in [0.2, 0.25) is 0 Å². The Morgan fingerprint density at radius 1 is 0.931 bits per heavy atom. The molecule has 162 valence electrons. The maximum atomic E-state index is 12.5. The number of methoxy groups -OCH3 is 1. The van der Waals surface area contributed by atoms with Gasteiger partial charge in [0.05, 0.1) is 12.7 Å². The zero-order valence-electron chi connectivity index (χ0n) is 18.3. The topological polar surface area (TPSA) is 103 Å². The minimum Gasteiger partial charge on any atom is -0.465 e. The number of ether oxygens (including phenoxy) is 3. The van der Waals surface area contributed by atoms with E-state index in [9.17, 15) is 14.4 Å². The molecule has 1 aromatic carbocycles. The van der Waals surface area contributed by atoms with Gasteiger partial charge in [0.15, 0.2) is 0 Å². The third-order valence-electron chi connectivity index (χ3n) is 3.43. The molecule has 0 bridgehead atoms. The van der Waals surface area contributed by atoms with Crippen molar-refractivity contribution in [1.29, 1.82) is 0 Å². The van der Waals surface area contributed by atoms with E-state index in [0.717, 1.165) is 5.56 Å². The van der Waals surface area contributed by atoms with Crippen LogP contribution >= 0.6 is 0 Å². The first-order valence-corrected chi connectivity index (χ1v) is 9.41. The highest BCUT2D eigenvalue weighted by molar-refractivity contribution is 5.89. The highest BCUT2D eigenvalue weighted by Gasteiger charge is 2.28. The molecule has 1 amide bonds. The number of hydrogen-bond donors (Lipinski definition) is 2. The van der Waals surface area contributed by atoms with Crippen molar-refractivity contribution >= 4 is 18.0 Å². The van der Waals surface area contributed by atoms with Gasteiger partial charge in [0.1, 0.15) is 17.2 Å². The second-order valence-corrected chi connectivity index (χ2v) is 8.55. The first kappa shape index (κ1) is 24.4. The summed E-state index contributed by atoms with van der Waals surface area (Å²) in [6.07, 6.45) is -0.697. The van der Waals surface area contributed by atoms with E-state index in [-0.39, 0.29) is 6.54 Å². The van der Waals surface area contributed by atoms with Gasteiger partial charge in [-0.3, -0.25) is 0 Å². The lowest BCUT2D eigenvalue weighted by Gasteiger charge is -2.26. The minimum atomic E-state index is -0.918. The lowest BCUT2D eigenvalue weighted by atomic mass is 10.1. The monoisotopic (exact) mass is 408 g/mol. The van der Waals surface area contributed by atoms with Crippen LogP contribution in [0.1, 0.15) is 57.5 Å². The second-order valence-electron chi connectivity index (χ2n) is 8.55. The van der Waals surface area contributed by atoms with Crippen molar-refractivity contribution in [3.05, 3.63) is 35.4 Å². The number of hydrogen-bond acceptors (Lipinski definition) is 7. The molecule has 0 fully saturated rings. The Hall–Kier alpha value is -2.61. The van der Waals surface area contributed by atoms with E-state index in [1.807, 2.05) is 0 Å². The number of benzene rings is 1. The minimum absolute atomic E-state index is 0.146. The van der Waals surface area contributed by atoms with Gasteiger partial charge in [-0.15, -0.1) is 0 Å². The van der Waals surface area contributed by atoms with Crippen LogP contribution in [0.25, 0.3) is 0 Å². The molecule has 29 heavy (non-hydrogen) atoms. The number of rotatable bonds is 7. The summed E-state index contributed by atoms with van der Waals surface area (Å²) < 4.78 is 15.3. The van der Waals surface area contributed by atoms with Crippen molar-refractivity contribution in [3.63, 3.8) is 0 Å². The Balaban J connectivity index is 2.72. The van der Waals surface area contributed by atoms with Crippen molar-refractivity contribution < 1.29 is 28.6 Å². The van der Waals surface area contributed by atoms with Crippen molar-refractivity contribution in [2.75, 3.05) is 13.7 Å². The largest absolute Gasteiger partial charge is 0.465 e. The van der Waals surface area contributed by atoms with Gasteiger partial charge in [0, 0.05) is 13.1 Å². The molecule has 0 saturated carbocycles. The van der Waals surface area contributed by atoms with E-state index >= 15 is 0 Å². The molecule has 1 unspecified atom stereocenters. The van der Waals surface area contributed by atoms with Crippen LogP contribution in [0.5, 0.6) is 0 Å². The van der Waals surface area contributed by atoms with Gasteiger partial charge in [-0.2, -0.15) is 0 Å². The number of alkyl carbamates (subject to hydrolysis) is 1. The van der Waals surface area contributed by atoms with Crippen LogP contribution in [0, 0.1) is 0 Å². The van der Waals surface area contributed by atoms with Gasteiger partial charge in [-0.1, -0.05) is 12.1 Å². The fourth-order valence-corrected chi connectivity index (χ4v) is 2.25. The average Bonchev–Trinajstić information content (AvgIpc) is 2.57. The lowest BCUT2D eigenvalue weighted by molar-refractivity contribution is -0.157. The van der Waals surface area contributed by atoms with E-state index in [4.69, 9.17) is 9.47 Å². The summed E-state index contributed by atoms with van der Waals surface area (Å²) in [4.78, 5) is 36.0. The number of carbonyl (C=O) groups is 3. The number of esters is 2. The SMILES string of the molecule is COC(=O)c1ccc(CNCC(NC(=O)OC(C)(C)C)C(=O)OC(C)(C)C)cc1. The first-order chi connectivity index (χ1) is 13.3. The van der Waals surface area contributed by atoms with Gasteiger partial charge in [-0.05, 0) is 59.2 Å². The molecule has 0 aliphatic carbocycles. The van der Waals surface area contributed by atoms with Gasteiger partial charge >= 0.3 is 18.0 Å². The molecule has 8 heteroatoms. The van der Waals surface area contributed by atoms with Crippen molar-refractivity contribution in [2.45, 2.75) is 65.3 Å². The number of amides is 1. The highest BCUT2D eigenvalue weighted by Crippen LogP contribution is 2.11. The summed E-state index contributed by atoms with van der Waals surface area (Å²) in [6, 6.07) is 5.96. The average molecular weight is 408 g/mol. The maximum absolute atomic E-state index is 12.5. The molecule has 0 spiro atoms. The van der Waals surface area contributed by atoms with Crippen LogP contribution in [0.2, 0.25) is 0 Å². The molecule has 0 saturated heterocycles. The Labute approximate surface area is 172 Å². The molecule has 0 aromatic heterocycles. The number of carbonyl (C=O) groups excluding carboxylic acids is 3. The van der Waals surface area contributed by atoms with Crippen LogP contribution in [-0.2, 0) is 25.5 Å². The standard InChI is InChI=1S/C21H32N2O6/c1-20(2,3)28-18(25)16(23-19(26)29-21(4,5)6)13-22-12-14-8-10-15(11-9-14)17(24)27-7/h8-11,16,22H,12-13H2,1-7H3,(H,23,26). The summed E-state index contributed by atoms with van der Waals surface area (Å²) in [6.45, 7) is 11.1. The normalized spacial score (nSPS) is 12.7. The molecule has 0 radical (unpaired) electrons. The Morgan fingerprint density at radius 3 is 1.97 bits per heavy atom. The van der Waals surface area contributed by atoms with E-state index in [2.05, 4.69) is 15.4 Å². The first-order valence-electron chi connectivity index (χ1n) is 9.41. The van der Waals surface area contributed by atoms with Crippen LogP contribution < -0.4 is 10.6 Å². The quantitative estimate of drug-likeness (QED) is 0.528. The molecule has 2 N–H and O–H groups in total. The third-order valence-corrected chi connectivity index (χ3v) is 3.43. The zero-order chi connectivity index (χ0) is 22.2. The fourth-order valence-electron chi connectivity index (χ4n) is 2.25. The van der Waals surface area contributed by atoms with Crippen molar-refractivity contribution in [2.24, 2.45) is 0 Å². The smallest absolute Gasteiger partial charge is 0.408 e. The van der Waals surface area contributed by atoms with Crippen LogP contribution in [0.4, 0.5) is 4.79 Å². The summed E-state index contributed by atoms with van der Waals surface area (Å²) in [7, 11) is 1.33. The molecule has 0 aliphatic rings. The molecular weight excluding hydrogens is 376 g/mol. The molecule has 1 aromatic rings. The van der Waals surface area contributed by atoms with Crippen molar-refractivity contribution in [3.8, 4) is 0 Å². The third kappa shape index (κ3) is 9.94. The summed E-state index contributed by atoms with van der Waals surface area (Å²) in [5.74, 6) is -0.965. The van der Waals surface area contributed by atoms with E-state index < -0.39 is 35.3 Å². The Kier molecular flexibility index (Phi) is 8.63. The van der Waals surface area contributed by atoms with Crippen LogP contribution in [0.3, 0.4) is 0 Å². The van der Waals surface area contributed by atoms with E-state index in [0.29, 0.717) is 12.1 Å². The maximum Gasteiger partial charge on any atom is 0.408 e. The molecule has 0 heterocycles. The summed E-state index contributed by atoms with van der Waals surface area (Å²) >= 11 is 0. The van der Waals surface area contributed by atoms with Crippen molar-refractivity contribution in [1.82, 2.24) is 10.6 Å². The van der Waals surface area contributed by atoms with Crippen LogP contribution in [0.15, 0.2) is 24.3 Å². The highest BCUT2D eigenvalue weighted by atomic mass is 16.6. The molecule has 0 aliphatic heterocycles.